The molecule has 0 amide bonds. The van der Waals surface area contributed by atoms with E-state index < -0.39 is 0 Å². The van der Waals surface area contributed by atoms with Crippen LogP contribution >= 0.6 is 0 Å². The van der Waals surface area contributed by atoms with Crippen LogP contribution in [0.2, 0.25) is 0 Å². The SMILES string of the molecule is CCC(NC)c1ccc(N2CC(C)C(N(C)C)C2)cc1. The van der Waals surface area contributed by atoms with Crippen LogP contribution in [0, 0.1) is 5.92 Å². The van der Waals surface area contributed by atoms with Crippen LogP contribution < -0.4 is 10.2 Å². The predicted molar refractivity (Wildman–Crippen MR) is 87.4 cm³/mol. The number of anilines is 1. The Morgan fingerprint density at radius 3 is 2.35 bits per heavy atom. The van der Waals surface area contributed by atoms with E-state index in [1.807, 2.05) is 7.05 Å². The largest absolute Gasteiger partial charge is 0.370 e. The second-order valence-corrected chi connectivity index (χ2v) is 6.25. The van der Waals surface area contributed by atoms with Crippen molar-refractivity contribution in [2.24, 2.45) is 5.92 Å². The molecule has 3 atom stereocenters. The molecule has 2 rings (SSSR count). The zero-order valence-corrected chi connectivity index (χ0v) is 13.6. The molecular formula is C17H29N3. The van der Waals surface area contributed by atoms with Gasteiger partial charge in [-0.15, -0.1) is 0 Å². The third-order valence-corrected chi connectivity index (χ3v) is 4.65. The minimum Gasteiger partial charge on any atom is -0.370 e. The second kappa shape index (κ2) is 6.59. The lowest BCUT2D eigenvalue weighted by molar-refractivity contribution is 0.266. The Morgan fingerprint density at radius 1 is 1.25 bits per heavy atom. The molecular weight excluding hydrogens is 246 g/mol. The number of nitrogens with one attached hydrogen (secondary N) is 1. The van der Waals surface area contributed by atoms with Gasteiger partial charge in [0.15, 0.2) is 0 Å². The summed E-state index contributed by atoms with van der Waals surface area (Å²) in [5.74, 6) is 0.727. The van der Waals surface area contributed by atoms with Crippen LogP contribution in [0.1, 0.15) is 31.9 Å². The fourth-order valence-corrected chi connectivity index (χ4v) is 3.36. The van der Waals surface area contributed by atoms with Crippen LogP contribution in [0.4, 0.5) is 5.69 Å². The van der Waals surface area contributed by atoms with Gasteiger partial charge < -0.3 is 15.1 Å². The number of nitrogens with zero attached hydrogens (tertiary/aromatic N) is 2. The van der Waals surface area contributed by atoms with Crippen molar-refractivity contribution < 1.29 is 0 Å². The van der Waals surface area contributed by atoms with Crippen molar-refractivity contribution in [1.29, 1.82) is 0 Å². The van der Waals surface area contributed by atoms with E-state index >= 15 is 0 Å². The molecule has 1 aromatic rings. The fraction of sp³-hybridized carbons (Fsp3) is 0.647. The van der Waals surface area contributed by atoms with E-state index in [1.165, 1.54) is 11.3 Å². The van der Waals surface area contributed by atoms with E-state index in [4.69, 9.17) is 0 Å². The zero-order valence-electron chi connectivity index (χ0n) is 13.6. The minimum atomic E-state index is 0.469. The van der Waals surface area contributed by atoms with Crippen molar-refractivity contribution >= 4 is 5.69 Å². The molecule has 1 aliphatic heterocycles. The molecule has 3 unspecified atom stereocenters. The third-order valence-electron chi connectivity index (χ3n) is 4.65. The van der Waals surface area contributed by atoms with E-state index in [2.05, 4.69) is 67.3 Å². The average Bonchev–Trinajstić information content (AvgIpc) is 2.83. The minimum absolute atomic E-state index is 0.469. The summed E-state index contributed by atoms with van der Waals surface area (Å²) in [5, 5.41) is 3.37. The smallest absolute Gasteiger partial charge is 0.0367 e. The molecule has 0 bridgehead atoms. The number of benzene rings is 1. The van der Waals surface area contributed by atoms with E-state index in [-0.39, 0.29) is 0 Å². The molecule has 1 aromatic carbocycles. The van der Waals surface area contributed by atoms with Crippen molar-refractivity contribution in [3.63, 3.8) is 0 Å². The molecule has 3 heteroatoms. The molecule has 0 spiro atoms. The molecule has 1 fully saturated rings. The molecule has 0 saturated carbocycles. The number of likely N-dealkylation sites (N-methyl/N-ethyl adjacent to an activating group) is 1. The van der Waals surface area contributed by atoms with Crippen molar-refractivity contribution in [2.75, 3.05) is 39.1 Å². The summed E-state index contributed by atoms with van der Waals surface area (Å²) >= 11 is 0. The quantitative estimate of drug-likeness (QED) is 0.891. The Hall–Kier alpha value is -1.06. The van der Waals surface area contributed by atoms with Crippen LogP contribution in [0.3, 0.4) is 0 Å². The molecule has 0 aromatic heterocycles. The van der Waals surface area contributed by atoms with Crippen molar-refractivity contribution in [2.45, 2.75) is 32.4 Å². The van der Waals surface area contributed by atoms with Gasteiger partial charge in [0.2, 0.25) is 0 Å². The average molecular weight is 275 g/mol. The summed E-state index contributed by atoms with van der Waals surface area (Å²) in [6.45, 7) is 6.87. The van der Waals surface area contributed by atoms with Gasteiger partial charge in [0.1, 0.15) is 0 Å². The topological polar surface area (TPSA) is 18.5 Å². The Kier molecular flexibility index (Phi) is 5.06. The van der Waals surface area contributed by atoms with Gasteiger partial charge in [0, 0.05) is 30.9 Å². The maximum atomic E-state index is 3.37. The van der Waals surface area contributed by atoms with Gasteiger partial charge in [-0.3, -0.25) is 0 Å². The molecule has 0 radical (unpaired) electrons. The third kappa shape index (κ3) is 3.15. The lowest BCUT2D eigenvalue weighted by Gasteiger charge is -2.23. The van der Waals surface area contributed by atoms with Crippen LogP contribution in [0.25, 0.3) is 0 Å². The molecule has 1 aliphatic rings. The first-order chi connectivity index (χ1) is 9.56. The molecule has 0 aliphatic carbocycles. The van der Waals surface area contributed by atoms with Crippen LogP contribution in [-0.2, 0) is 0 Å². The summed E-state index contributed by atoms with van der Waals surface area (Å²) < 4.78 is 0. The van der Waals surface area contributed by atoms with Gasteiger partial charge >= 0.3 is 0 Å². The maximum Gasteiger partial charge on any atom is 0.0367 e. The molecule has 112 valence electrons. The lowest BCUT2D eigenvalue weighted by Crippen LogP contribution is -2.34. The number of rotatable bonds is 5. The van der Waals surface area contributed by atoms with Crippen LogP contribution in [-0.4, -0.2) is 45.2 Å². The van der Waals surface area contributed by atoms with Gasteiger partial charge in [0.25, 0.3) is 0 Å². The highest BCUT2D eigenvalue weighted by atomic mass is 15.2. The first-order valence-electron chi connectivity index (χ1n) is 7.75. The van der Waals surface area contributed by atoms with Gasteiger partial charge in [0.05, 0.1) is 0 Å². The first kappa shape index (κ1) is 15.3. The highest BCUT2D eigenvalue weighted by molar-refractivity contribution is 5.49. The zero-order chi connectivity index (χ0) is 14.7. The van der Waals surface area contributed by atoms with E-state index in [1.54, 1.807) is 0 Å². The second-order valence-electron chi connectivity index (χ2n) is 6.25. The van der Waals surface area contributed by atoms with E-state index in [0.717, 1.165) is 25.4 Å². The number of hydrogen-bond acceptors (Lipinski definition) is 3. The summed E-state index contributed by atoms with van der Waals surface area (Å²) in [5.41, 5.74) is 2.74. The van der Waals surface area contributed by atoms with Crippen LogP contribution in [0.15, 0.2) is 24.3 Å². The normalized spacial score (nSPS) is 24.4. The summed E-state index contributed by atoms with van der Waals surface area (Å²) in [6, 6.07) is 10.2. The lowest BCUT2D eigenvalue weighted by atomic mass is 10.0. The molecule has 1 saturated heterocycles. The standard InChI is InChI=1S/C17H29N3/c1-6-16(18-3)14-7-9-15(10-8-14)20-11-13(2)17(12-20)19(4)5/h7-10,13,16-18H,6,11-12H2,1-5H3. The molecule has 20 heavy (non-hydrogen) atoms. The maximum absolute atomic E-state index is 3.37. The first-order valence-corrected chi connectivity index (χ1v) is 7.75. The fourth-order valence-electron chi connectivity index (χ4n) is 3.36. The van der Waals surface area contributed by atoms with Crippen molar-refractivity contribution in [1.82, 2.24) is 10.2 Å². The summed E-state index contributed by atoms with van der Waals surface area (Å²) in [6.07, 6.45) is 1.12. The van der Waals surface area contributed by atoms with Gasteiger partial charge in [-0.05, 0) is 51.2 Å². The Bertz CT molecular complexity index is 409. The predicted octanol–water partition coefficient (Wildman–Crippen LogP) is 2.74. The monoisotopic (exact) mass is 275 g/mol. The van der Waals surface area contributed by atoms with Crippen molar-refractivity contribution in [3.8, 4) is 0 Å². The Balaban J connectivity index is 2.08. The van der Waals surface area contributed by atoms with Crippen LogP contribution in [0.5, 0.6) is 0 Å². The summed E-state index contributed by atoms with van der Waals surface area (Å²) in [4.78, 5) is 4.87. The Morgan fingerprint density at radius 2 is 1.90 bits per heavy atom. The molecule has 1 heterocycles. The van der Waals surface area contributed by atoms with Gasteiger partial charge in [-0.2, -0.15) is 0 Å². The molecule has 1 N–H and O–H groups in total. The number of hydrogen-bond donors (Lipinski definition) is 1. The highest BCUT2D eigenvalue weighted by Crippen LogP contribution is 2.27. The Labute approximate surface area is 124 Å². The summed E-state index contributed by atoms with van der Waals surface area (Å²) in [7, 11) is 6.41. The van der Waals surface area contributed by atoms with Crippen molar-refractivity contribution in [3.05, 3.63) is 29.8 Å². The highest BCUT2D eigenvalue weighted by Gasteiger charge is 2.30. The van der Waals surface area contributed by atoms with E-state index in [9.17, 15) is 0 Å². The van der Waals surface area contributed by atoms with Gasteiger partial charge in [-0.25, -0.2) is 0 Å². The van der Waals surface area contributed by atoms with Gasteiger partial charge in [-0.1, -0.05) is 26.0 Å². The van der Waals surface area contributed by atoms with E-state index in [0.29, 0.717) is 12.1 Å². The molecule has 3 nitrogen and oxygen atoms in total.